The van der Waals surface area contributed by atoms with Gasteiger partial charge in [0.15, 0.2) is 11.6 Å². The Hall–Kier alpha value is -17.1. The van der Waals surface area contributed by atoms with Crippen molar-refractivity contribution >= 4 is 162 Å². The molecule has 0 fully saturated rings. The zero-order valence-electron chi connectivity index (χ0n) is 72.9. The molecule has 0 aliphatic rings. The van der Waals surface area contributed by atoms with Gasteiger partial charge in [-0.25, -0.2) is 54.8 Å². The number of rotatable bonds is 12. The van der Waals surface area contributed by atoms with E-state index in [1.807, 2.05) is 146 Å². The number of hydrogen-bond donors (Lipinski definition) is 0. The van der Waals surface area contributed by atoms with Gasteiger partial charge in [0.05, 0.1) is 97.1 Å². The first-order valence-electron chi connectivity index (χ1n) is 44.9. The van der Waals surface area contributed by atoms with Crippen molar-refractivity contribution in [3.63, 3.8) is 0 Å². The highest BCUT2D eigenvalue weighted by Crippen LogP contribution is 2.44. The molecule has 27 aromatic rings. The molecule has 0 aliphatic carbocycles. The van der Waals surface area contributed by atoms with Crippen molar-refractivity contribution in [2.75, 3.05) is 0 Å². The third-order valence-corrected chi connectivity index (χ3v) is 28.7. The number of para-hydroxylation sites is 4. The van der Waals surface area contributed by atoms with Crippen LogP contribution >= 0.6 is 45.3 Å². The van der Waals surface area contributed by atoms with Gasteiger partial charge in [-0.1, -0.05) is 370 Å². The molecule has 0 saturated carbocycles. The van der Waals surface area contributed by atoms with Crippen molar-refractivity contribution in [2.45, 2.75) is 0 Å². The molecule has 0 radical (unpaired) electrons. The molecule has 19 aromatic carbocycles. The molecule has 8 heterocycles. The zero-order chi connectivity index (χ0) is 90.2. The molecule has 8 aromatic heterocycles. The predicted octanol–water partition coefficient (Wildman–Crippen LogP) is 33.0. The van der Waals surface area contributed by atoms with Gasteiger partial charge in [-0.2, -0.15) is 0 Å². The summed E-state index contributed by atoms with van der Waals surface area (Å²) in [5.41, 5.74) is 26.4. The van der Waals surface area contributed by atoms with Crippen molar-refractivity contribution in [3.8, 4) is 133 Å². The van der Waals surface area contributed by atoms with Crippen molar-refractivity contribution in [2.24, 2.45) is 0 Å². The molecular weight excluding hydrogens is 1740 g/mol. The van der Waals surface area contributed by atoms with E-state index in [2.05, 4.69) is 309 Å². The Balaban J connectivity index is 0.0000000995. The van der Waals surface area contributed by atoms with Gasteiger partial charge in [0.25, 0.3) is 0 Å². The maximum Gasteiger partial charge on any atom is 0.160 e. The molecular formula is C121H75N11S4. The number of hydrogen-bond acceptors (Lipinski definition) is 15. The van der Waals surface area contributed by atoms with E-state index in [1.165, 1.54) is 35.0 Å². The minimum atomic E-state index is 0.706. The Morgan fingerprint density at radius 2 is 0.434 bits per heavy atom. The summed E-state index contributed by atoms with van der Waals surface area (Å²) in [5.74, 6) is 1.43. The molecule has 0 aliphatic heterocycles. The third-order valence-electron chi connectivity index (χ3n) is 24.4. The smallest absolute Gasteiger partial charge is 0.160 e. The summed E-state index contributed by atoms with van der Waals surface area (Å²) in [6, 6.07) is 157. The second-order valence-corrected chi connectivity index (χ2v) is 37.2. The van der Waals surface area contributed by atoms with Crippen LogP contribution in [0.2, 0.25) is 0 Å². The third kappa shape index (κ3) is 16.5. The van der Waals surface area contributed by atoms with Gasteiger partial charge >= 0.3 is 0 Å². The van der Waals surface area contributed by atoms with E-state index in [0.29, 0.717) is 5.82 Å². The molecule has 15 heteroatoms. The summed E-state index contributed by atoms with van der Waals surface area (Å²) in [6.45, 7) is 0. The second-order valence-electron chi connectivity index (χ2n) is 33.1. The molecule has 0 atom stereocenters. The minimum absolute atomic E-state index is 0.706. The predicted molar refractivity (Wildman–Crippen MR) is 571 cm³/mol. The van der Waals surface area contributed by atoms with Gasteiger partial charge < -0.3 is 0 Å². The summed E-state index contributed by atoms with van der Waals surface area (Å²) < 4.78 is 4.74. The fraction of sp³-hybridized carbons (Fsp3) is 0. The topological polar surface area (TPSA) is 142 Å². The van der Waals surface area contributed by atoms with E-state index in [1.54, 1.807) is 45.3 Å². The van der Waals surface area contributed by atoms with Crippen LogP contribution in [0.15, 0.2) is 455 Å². The Labute approximate surface area is 798 Å². The number of fused-ring (bicyclic) bond motifs is 15. The van der Waals surface area contributed by atoms with Crippen LogP contribution < -0.4 is 0 Å². The van der Waals surface area contributed by atoms with Crippen LogP contribution in [0.1, 0.15) is 0 Å². The lowest BCUT2D eigenvalue weighted by molar-refractivity contribution is 1.18. The van der Waals surface area contributed by atoms with Gasteiger partial charge in [0.1, 0.15) is 20.0 Å². The maximum atomic E-state index is 5.08. The zero-order valence-corrected chi connectivity index (χ0v) is 76.1. The number of benzene rings is 19. The van der Waals surface area contributed by atoms with E-state index in [4.69, 9.17) is 54.8 Å². The monoisotopic (exact) mass is 1810 g/mol. The maximum absolute atomic E-state index is 5.08. The summed E-state index contributed by atoms with van der Waals surface area (Å²) in [5, 5.41) is 15.6. The molecule has 0 N–H and O–H groups in total. The van der Waals surface area contributed by atoms with Gasteiger partial charge in [0.2, 0.25) is 0 Å². The normalized spacial score (nSPS) is 11.4. The van der Waals surface area contributed by atoms with Crippen molar-refractivity contribution < 1.29 is 0 Å². The lowest BCUT2D eigenvalue weighted by Crippen LogP contribution is -1.96. The first-order chi connectivity index (χ1) is 67.3. The highest BCUT2D eigenvalue weighted by atomic mass is 32.1. The summed E-state index contributed by atoms with van der Waals surface area (Å²) in [7, 11) is 0. The summed E-state index contributed by atoms with van der Waals surface area (Å²) >= 11 is 6.92. The van der Waals surface area contributed by atoms with Crippen molar-refractivity contribution in [3.05, 3.63) is 455 Å². The highest BCUT2D eigenvalue weighted by molar-refractivity contribution is 7.23. The molecule has 0 spiro atoms. The van der Waals surface area contributed by atoms with Gasteiger partial charge in [-0.05, 0) is 106 Å². The van der Waals surface area contributed by atoms with Crippen LogP contribution in [0.25, 0.3) is 249 Å². The summed E-state index contributed by atoms with van der Waals surface area (Å²) in [4.78, 5) is 55.1. The first-order valence-corrected chi connectivity index (χ1v) is 48.2. The molecule has 27 rings (SSSR count). The van der Waals surface area contributed by atoms with Crippen LogP contribution in [0.4, 0.5) is 0 Å². The first kappa shape index (κ1) is 82.1. The largest absolute Gasteiger partial charge is 0.248 e. The van der Waals surface area contributed by atoms with Crippen LogP contribution in [0.3, 0.4) is 0 Å². The van der Waals surface area contributed by atoms with E-state index < -0.39 is 0 Å². The Bertz CT molecular complexity index is 9110. The molecule has 0 amide bonds. The molecule has 11 nitrogen and oxygen atoms in total. The van der Waals surface area contributed by atoms with Crippen LogP contribution in [0, 0.1) is 0 Å². The van der Waals surface area contributed by atoms with Gasteiger partial charge in [0, 0.05) is 99.1 Å². The Kier molecular flexibility index (Phi) is 21.9. The SMILES string of the molecule is c1ccc(-c2cc(-c3ccccc3)nc(-c3ccc4ccc5sc(-c6ccccc6)nc5c4c3)n2)cc1.c1ccc(-c2nc3c(ccc4ccc(-c5ccc6ccccc6n5)cc43)s2)cc1.c1ccc(-c2nc3c(ccc4ccc(-c5nc(-c6ccccc6)c6ccccc6n5)cc43)s2)cc1.c1ccc(-c2nc3c(ccc4ccc(-c5nc6ccccc6nc5-c5ccccc5)cc43)s2)cc1. The Morgan fingerprint density at radius 3 is 0.846 bits per heavy atom. The quantitative estimate of drug-likeness (QED) is 0.115. The van der Waals surface area contributed by atoms with E-state index >= 15 is 0 Å². The second kappa shape index (κ2) is 36.3. The number of nitrogens with zero attached hydrogens (tertiary/aromatic N) is 11. The fourth-order valence-electron chi connectivity index (χ4n) is 17.6. The number of thiazole rings is 4. The van der Waals surface area contributed by atoms with Crippen LogP contribution in [-0.2, 0) is 0 Å². The van der Waals surface area contributed by atoms with Crippen molar-refractivity contribution in [1.82, 2.24) is 54.8 Å². The molecule has 638 valence electrons. The van der Waals surface area contributed by atoms with Crippen LogP contribution in [0.5, 0.6) is 0 Å². The van der Waals surface area contributed by atoms with Gasteiger partial charge in [-0.3, -0.25) is 0 Å². The lowest BCUT2D eigenvalue weighted by atomic mass is 10.00. The summed E-state index contributed by atoms with van der Waals surface area (Å²) in [6.07, 6.45) is 0. The standard InChI is InChI=1S/C33H21N3S.2C31H19N3S.C26H16N2S/c1-4-10-23(11-5-1)28-21-29(24-12-6-2-7-13-24)35-32(34-28)26-17-16-22-18-19-30-31(27(22)20-26)36-33(37-30)25-14-8-3-9-15-25;1-3-9-21(10-4-1)28-29(33-26-14-8-7-13-25(26)32-28)23-16-15-20-17-18-27-30(24(20)19-23)34-31(35-27)22-11-5-2-6-12-22;1-3-9-21(10-4-1)28-24-13-7-8-14-26(24)32-30(33-28)23-16-15-20-17-18-27-29(25(20)19-23)34-31(35-27)22-11-5-2-6-12-22;1-2-7-19(8-3-1)26-28-25-21-16-20(11-10-17(21)13-15-24(25)29-26)23-14-12-18-6-4-5-9-22(18)27-23/h1-21H;2*1-19H;1-16H. The molecule has 0 saturated heterocycles. The average molecular weight is 1810 g/mol. The molecule has 0 unspecified atom stereocenters. The Morgan fingerprint density at radius 1 is 0.140 bits per heavy atom. The number of aromatic nitrogens is 11. The fourth-order valence-corrected chi connectivity index (χ4v) is 21.5. The highest BCUT2D eigenvalue weighted by Gasteiger charge is 2.22. The van der Waals surface area contributed by atoms with Crippen molar-refractivity contribution in [1.29, 1.82) is 0 Å². The number of pyridine rings is 1. The lowest BCUT2D eigenvalue weighted by Gasteiger charge is -2.11. The average Bonchev–Trinajstić information content (AvgIpc) is 1.15. The van der Waals surface area contributed by atoms with Gasteiger partial charge in [-0.15, -0.1) is 45.3 Å². The van der Waals surface area contributed by atoms with Crippen LogP contribution in [-0.4, -0.2) is 54.8 Å². The molecule has 136 heavy (non-hydrogen) atoms. The minimum Gasteiger partial charge on any atom is -0.248 e. The van der Waals surface area contributed by atoms with E-state index in [9.17, 15) is 0 Å². The molecule has 0 bridgehead atoms. The van der Waals surface area contributed by atoms with E-state index in [0.717, 1.165) is 209 Å². The van der Waals surface area contributed by atoms with E-state index in [-0.39, 0.29) is 0 Å².